The number of carbonyl (C=O) groups is 4. The van der Waals surface area contributed by atoms with Crippen molar-refractivity contribution in [1.82, 2.24) is 20.6 Å². The molecular weight excluding hydrogens is 372 g/mol. The number of aromatic amines is 1. The van der Waals surface area contributed by atoms with E-state index in [1.54, 1.807) is 6.20 Å². The number of carbonyl (C=O) groups excluding carboxylic acids is 2. The Kier molecular flexibility index (Phi) is 12.6. The zero-order chi connectivity index (χ0) is 21.5. The smallest absolute Gasteiger partial charge is 0.316 e. The minimum Gasteiger partial charge on any atom is -0.481 e. The van der Waals surface area contributed by atoms with E-state index < -0.39 is 35.8 Å². The third-order valence-corrected chi connectivity index (χ3v) is 3.38. The van der Waals surface area contributed by atoms with Crippen LogP contribution in [0, 0.1) is 5.92 Å². The fourth-order valence-electron chi connectivity index (χ4n) is 2.14. The van der Waals surface area contributed by atoms with E-state index in [4.69, 9.17) is 21.4 Å². The largest absolute Gasteiger partial charge is 0.481 e. The number of H-pyrrole nitrogens is 1. The van der Waals surface area contributed by atoms with Crippen molar-refractivity contribution in [2.45, 2.75) is 38.8 Å². The number of aromatic nitrogens is 2. The van der Waals surface area contributed by atoms with Crippen molar-refractivity contribution in [1.29, 1.82) is 0 Å². The second-order valence-corrected chi connectivity index (χ2v) is 5.81. The molecule has 0 aliphatic heterocycles. The van der Waals surface area contributed by atoms with Crippen LogP contribution in [-0.2, 0) is 25.6 Å². The van der Waals surface area contributed by atoms with Crippen LogP contribution in [0.25, 0.3) is 0 Å². The Morgan fingerprint density at radius 3 is 2.29 bits per heavy atom. The topological polar surface area (TPSA) is 214 Å². The van der Waals surface area contributed by atoms with Crippen LogP contribution in [0.4, 0.5) is 0 Å². The SMILES string of the molecule is CC(=O)O.NCCCCC(C(=O)O)C(=O)NC(Cc1cnc[nH]1)NC(=O)CN. The van der Waals surface area contributed by atoms with Gasteiger partial charge in [0.1, 0.15) is 12.1 Å². The van der Waals surface area contributed by atoms with Gasteiger partial charge in [0.25, 0.3) is 5.97 Å². The molecule has 1 heterocycles. The van der Waals surface area contributed by atoms with Crippen molar-refractivity contribution in [3.8, 4) is 0 Å². The Morgan fingerprint density at radius 1 is 1.18 bits per heavy atom. The summed E-state index contributed by atoms with van der Waals surface area (Å²) < 4.78 is 0. The highest BCUT2D eigenvalue weighted by Gasteiger charge is 2.28. The zero-order valence-electron chi connectivity index (χ0n) is 15.7. The van der Waals surface area contributed by atoms with E-state index in [9.17, 15) is 19.5 Å². The lowest BCUT2D eigenvalue weighted by Gasteiger charge is -2.21. The normalized spacial score (nSPS) is 12.1. The van der Waals surface area contributed by atoms with E-state index in [-0.39, 0.29) is 19.4 Å². The van der Waals surface area contributed by atoms with Crippen LogP contribution in [0.2, 0.25) is 0 Å². The standard InChI is InChI=1S/C14H24N6O4.C2H4O2/c15-4-2-1-3-10(14(23)24)13(22)20-11(19-12(21)6-16)5-9-7-17-8-18-9;1-2(3)4/h7-8,10-11H,1-6,15-16H2,(H,17,18)(H,19,21)(H,20,22)(H,23,24);1H3,(H,3,4). The fraction of sp³-hybridized carbons (Fsp3) is 0.562. The second-order valence-electron chi connectivity index (χ2n) is 5.81. The van der Waals surface area contributed by atoms with Gasteiger partial charge in [-0.3, -0.25) is 19.2 Å². The summed E-state index contributed by atoms with van der Waals surface area (Å²) in [4.78, 5) is 50.8. The molecule has 1 rings (SSSR count). The van der Waals surface area contributed by atoms with Crippen molar-refractivity contribution in [2.24, 2.45) is 17.4 Å². The number of imidazole rings is 1. The molecule has 0 aliphatic carbocycles. The Balaban J connectivity index is 0.00000165. The molecule has 0 bridgehead atoms. The van der Waals surface area contributed by atoms with E-state index in [0.717, 1.165) is 6.92 Å². The Labute approximate surface area is 162 Å². The number of rotatable bonds is 11. The number of hydrogen-bond acceptors (Lipinski definition) is 7. The molecule has 0 saturated heterocycles. The monoisotopic (exact) mass is 400 g/mol. The Bertz CT molecular complexity index is 617. The summed E-state index contributed by atoms with van der Waals surface area (Å²) in [5.74, 6) is -4.37. The number of nitrogens with two attached hydrogens (primary N) is 2. The molecule has 0 spiro atoms. The third-order valence-electron chi connectivity index (χ3n) is 3.38. The molecule has 158 valence electrons. The minimum absolute atomic E-state index is 0.181. The number of carboxylic acids is 2. The molecule has 0 aromatic carbocycles. The predicted molar refractivity (Wildman–Crippen MR) is 98.8 cm³/mol. The van der Waals surface area contributed by atoms with Gasteiger partial charge in [-0.25, -0.2) is 4.98 Å². The molecule has 9 N–H and O–H groups in total. The fourth-order valence-corrected chi connectivity index (χ4v) is 2.14. The van der Waals surface area contributed by atoms with Gasteiger partial charge in [0.05, 0.1) is 12.9 Å². The number of nitrogens with zero attached hydrogens (tertiary/aromatic N) is 1. The first-order valence-electron chi connectivity index (χ1n) is 8.60. The van der Waals surface area contributed by atoms with E-state index in [1.807, 2.05) is 0 Å². The van der Waals surface area contributed by atoms with Crippen LogP contribution in [-0.4, -0.2) is 63.2 Å². The number of amides is 2. The van der Waals surface area contributed by atoms with Gasteiger partial charge in [0.15, 0.2) is 0 Å². The van der Waals surface area contributed by atoms with Crippen LogP contribution in [0.15, 0.2) is 12.5 Å². The molecule has 0 fully saturated rings. The molecule has 28 heavy (non-hydrogen) atoms. The number of aliphatic carboxylic acids is 2. The van der Waals surface area contributed by atoms with Crippen LogP contribution < -0.4 is 22.1 Å². The Hall–Kier alpha value is -2.99. The maximum absolute atomic E-state index is 12.3. The van der Waals surface area contributed by atoms with Crippen molar-refractivity contribution in [3.63, 3.8) is 0 Å². The number of carboxylic acid groups (broad SMARTS) is 2. The first-order chi connectivity index (χ1) is 13.2. The lowest BCUT2D eigenvalue weighted by molar-refractivity contribution is -0.147. The summed E-state index contributed by atoms with van der Waals surface area (Å²) in [6.45, 7) is 1.27. The molecular formula is C16H28N6O6. The van der Waals surface area contributed by atoms with Crippen molar-refractivity contribution in [3.05, 3.63) is 18.2 Å². The van der Waals surface area contributed by atoms with Gasteiger partial charge in [-0.1, -0.05) is 6.42 Å². The van der Waals surface area contributed by atoms with Crippen LogP contribution >= 0.6 is 0 Å². The van der Waals surface area contributed by atoms with Crippen molar-refractivity contribution < 1.29 is 29.4 Å². The number of nitrogens with one attached hydrogen (secondary N) is 3. The molecule has 0 radical (unpaired) electrons. The quantitative estimate of drug-likeness (QED) is 0.129. The van der Waals surface area contributed by atoms with E-state index in [1.165, 1.54) is 6.33 Å². The maximum atomic E-state index is 12.3. The van der Waals surface area contributed by atoms with Gasteiger partial charge in [0, 0.05) is 25.2 Å². The summed E-state index contributed by atoms with van der Waals surface area (Å²) in [6.07, 6.45) is 3.80. The summed E-state index contributed by atoms with van der Waals surface area (Å²) in [5.41, 5.74) is 11.3. The van der Waals surface area contributed by atoms with E-state index in [0.29, 0.717) is 25.1 Å². The van der Waals surface area contributed by atoms with Gasteiger partial charge in [-0.05, 0) is 19.4 Å². The summed E-state index contributed by atoms with van der Waals surface area (Å²) in [7, 11) is 0. The highest BCUT2D eigenvalue weighted by molar-refractivity contribution is 5.97. The average Bonchev–Trinajstić information content (AvgIpc) is 3.10. The first kappa shape index (κ1) is 25.0. The molecule has 0 aliphatic rings. The summed E-state index contributed by atoms with van der Waals surface area (Å²) >= 11 is 0. The first-order valence-corrected chi connectivity index (χ1v) is 8.60. The molecule has 12 nitrogen and oxygen atoms in total. The van der Waals surface area contributed by atoms with Crippen LogP contribution in [0.1, 0.15) is 31.9 Å². The molecule has 0 saturated carbocycles. The zero-order valence-corrected chi connectivity index (χ0v) is 15.7. The predicted octanol–water partition coefficient (Wildman–Crippen LogP) is -1.61. The third kappa shape index (κ3) is 11.6. The van der Waals surface area contributed by atoms with Crippen LogP contribution in [0.5, 0.6) is 0 Å². The lowest BCUT2D eigenvalue weighted by Crippen LogP contribution is -2.53. The maximum Gasteiger partial charge on any atom is 0.316 e. The molecule has 2 atom stereocenters. The minimum atomic E-state index is -1.21. The summed E-state index contributed by atoms with van der Waals surface area (Å²) in [6, 6.07) is 0. The molecule has 1 aromatic rings. The lowest BCUT2D eigenvalue weighted by atomic mass is 10.0. The Morgan fingerprint density at radius 2 is 1.82 bits per heavy atom. The van der Waals surface area contributed by atoms with Crippen molar-refractivity contribution >= 4 is 23.8 Å². The van der Waals surface area contributed by atoms with Gasteiger partial charge in [-0.15, -0.1) is 0 Å². The molecule has 12 heteroatoms. The van der Waals surface area contributed by atoms with E-state index in [2.05, 4.69) is 20.6 Å². The van der Waals surface area contributed by atoms with Crippen LogP contribution in [0.3, 0.4) is 0 Å². The molecule has 2 amide bonds. The van der Waals surface area contributed by atoms with Crippen molar-refractivity contribution in [2.75, 3.05) is 13.1 Å². The summed E-state index contributed by atoms with van der Waals surface area (Å²) in [5, 5.41) is 21.7. The van der Waals surface area contributed by atoms with Gasteiger partial charge in [0.2, 0.25) is 11.8 Å². The average molecular weight is 400 g/mol. The molecule has 1 aromatic heterocycles. The number of unbranched alkanes of at least 4 members (excludes halogenated alkanes) is 1. The van der Waals surface area contributed by atoms with Gasteiger partial charge >= 0.3 is 5.97 Å². The van der Waals surface area contributed by atoms with Gasteiger partial charge in [-0.2, -0.15) is 0 Å². The van der Waals surface area contributed by atoms with E-state index >= 15 is 0 Å². The highest BCUT2D eigenvalue weighted by Crippen LogP contribution is 2.10. The highest BCUT2D eigenvalue weighted by atomic mass is 16.4. The van der Waals surface area contributed by atoms with Gasteiger partial charge < -0.3 is 37.3 Å². The second kappa shape index (κ2) is 14.1. The molecule has 2 unspecified atom stereocenters. The number of hydrogen-bond donors (Lipinski definition) is 7.